The fourth-order valence-electron chi connectivity index (χ4n) is 5.47. The van der Waals surface area contributed by atoms with Crippen LogP contribution in [0.1, 0.15) is 32.3 Å². The maximum Gasteiger partial charge on any atom is 0.229 e. The quantitative estimate of drug-likeness (QED) is 0.429. The van der Waals surface area contributed by atoms with Crippen LogP contribution in [0.25, 0.3) is 15.8 Å². The molecule has 0 radical (unpaired) electrons. The second-order valence-electron chi connectivity index (χ2n) is 9.85. The minimum atomic E-state index is -0.108. The Morgan fingerprint density at radius 3 is 2.56 bits per heavy atom. The third-order valence-corrected chi connectivity index (χ3v) is 8.29. The SMILES string of the molecule is CCCN1C(c2ccccc2)=CC(C(=O)NCCCN2CCN(c3nsc4ccccc34)CC2)C1C. The average molecular weight is 504 g/mol. The lowest BCUT2D eigenvalue weighted by molar-refractivity contribution is -0.124. The van der Waals surface area contributed by atoms with Gasteiger partial charge in [0.15, 0.2) is 0 Å². The highest BCUT2D eigenvalue weighted by atomic mass is 32.1. The monoisotopic (exact) mass is 503 g/mol. The molecule has 1 amide bonds. The van der Waals surface area contributed by atoms with Crippen LogP contribution in [-0.4, -0.2) is 71.9 Å². The standard InChI is InChI=1S/C29H37N5OS/c1-3-15-34-22(2)25(21-26(34)23-10-5-4-6-11-23)29(35)30-14-9-16-32-17-19-33(20-18-32)28-24-12-7-8-13-27(24)36-31-28/h4-8,10-13,21-22,25H,3,9,14-20H2,1-2H3,(H,30,35). The number of amides is 1. The summed E-state index contributed by atoms with van der Waals surface area (Å²) >= 11 is 1.59. The molecule has 0 spiro atoms. The molecule has 1 N–H and O–H groups in total. The first-order chi connectivity index (χ1) is 17.7. The molecule has 2 aliphatic rings. The van der Waals surface area contributed by atoms with Gasteiger partial charge in [-0.25, -0.2) is 0 Å². The molecule has 0 saturated carbocycles. The Bertz CT molecular complexity index is 1180. The highest BCUT2D eigenvalue weighted by molar-refractivity contribution is 7.13. The summed E-state index contributed by atoms with van der Waals surface area (Å²) in [6, 6.07) is 19.1. The zero-order chi connectivity index (χ0) is 24.9. The first-order valence-corrected chi connectivity index (χ1v) is 14.1. The molecule has 2 aromatic carbocycles. The van der Waals surface area contributed by atoms with Crippen molar-refractivity contribution in [2.45, 2.75) is 32.7 Å². The second-order valence-corrected chi connectivity index (χ2v) is 10.7. The number of rotatable bonds is 9. The average Bonchev–Trinajstić information content (AvgIpc) is 3.49. The number of benzene rings is 2. The van der Waals surface area contributed by atoms with E-state index in [9.17, 15) is 4.79 Å². The summed E-state index contributed by atoms with van der Waals surface area (Å²) < 4.78 is 5.97. The predicted molar refractivity (Wildman–Crippen MR) is 150 cm³/mol. The Labute approximate surface area is 218 Å². The van der Waals surface area contributed by atoms with Crippen LogP contribution in [0.5, 0.6) is 0 Å². The van der Waals surface area contributed by atoms with Crippen molar-refractivity contribution in [1.82, 2.24) is 19.5 Å². The van der Waals surface area contributed by atoms with Gasteiger partial charge in [-0.15, -0.1) is 0 Å². The Morgan fingerprint density at radius 2 is 1.78 bits per heavy atom. The van der Waals surface area contributed by atoms with Gasteiger partial charge in [0.05, 0.1) is 10.6 Å². The maximum atomic E-state index is 13.1. The molecule has 0 aliphatic carbocycles. The molecule has 7 heteroatoms. The van der Waals surface area contributed by atoms with Crippen LogP contribution in [-0.2, 0) is 4.79 Å². The first-order valence-electron chi connectivity index (χ1n) is 13.3. The summed E-state index contributed by atoms with van der Waals surface area (Å²) in [5.74, 6) is 1.17. The van der Waals surface area contributed by atoms with Gasteiger partial charge in [-0.3, -0.25) is 9.69 Å². The van der Waals surface area contributed by atoms with Gasteiger partial charge in [0.2, 0.25) is 5.91 Å². The van der Waals surface area contributed by atoms with E-state index in [1.54, 1.807) is 11.5 Å². The van der Waals surface area contributed by atoms with E-state index in [0.29, 0.717) is 0 Å². The molecule has 1 fully saturated rings. The fraction of sp³-hybridized carbons (Fsp3) is 0.448. The summed E-state index contributed by atoms with van der Waals surface area (Å²) in [5.41, 5.74) is 2.38. The van der Waals surface area contributed by atoms with Crippen LogP contribution in [0, 0.1) is 5.92 Å². The van der Waals surface area contributed by atoms with Gasteiger partial charge in [0, 0.05) is 56.4 Å². The summed E-state index contributed by atoms with van der Waals surface area (Å²) in [5, 5.41) is 4.49. The molecule has 6 nitrogen and oxygen atoms in total. The minimum Gasteiger partial charge on any atom is -0.367 e. The van der Waals surface area contributed by atoms with Crippen molar-refractivity contribution in [1.29, 1.82) is 0 Å². The molecule has 1 aromatic heterocycles. The number of aromatic nitrogens is 1. The third-order valence-electron chi connectivity index (χ3n) is 7.48. The normalized spacial score (nSPS) is 20.7. The molecule has 3 aromatic rings. The van der Waals surface area contributed by atoms with Gasteiger partial charge in [0.1, 0.15) is 5.82 Å². The van der Waals surface area contributed by atoms with Crippen molar-refractivity contribution in [2.75, 3.05) is 50.7 Å². The number of nitrogens with zero attached hydrogens (tertiary/aromatic N) is 4. The molecule has 190 valence electrons. The number of carbonyl (C=O) groups is 1. The van der Waals surface area contributed by atoms with Crippen LogP contribution < -0.4 is 10.2 Å². The van der Waals surface area contributed by atoms with E-state index in [1.165, 1.54) is 21.3 Å². The lowest BCUT2D eigenvalue weighted by Gasteiger charge is -2.35. The van der Waals surface area contributed by atoms with Gasteiger partial charge < -0.3 is 15.1 Å². The maximum absolute atomic E-state index is 13.1. The van der Waals surface area contributed by atoms with Crippen molar-refractivity contribution in [3.05, 3.63) is 66.2 Å². The molecular formula is C29H37N5OS. The van der Waals surface area contributed by atoms with Crippen LogP contribution >= 0.6 is 11.5 Å². The Morgan fingerprint density at radius 1 is 1.03 bits per heavy atom. The van der Waals surface area contributed by atoms with Crippen LogP contribution in [0.2, 0.25) is 0 Å². The van der Waals surface area contributed by atoms with Crippen LogP contribution in [0.4, 0.5) is 5.82 Å². The molecule has 5 rings (SSSR count). The summed E-state index contributed by atoms with van der Waals surface area (Å²) in [6.45, 7) is 11.1. The van der Waals surface area contributed by atoms with E-state index >= 15 is 0 Å². The number of carbonyl (C=O) groups excluding carboxylic acids is 1. The smallest absolute Gasteiger partial charge is 0.229 e. The van der Waals surface area contributed by atoms with Crippen molar-refractivity contribution in [2.24, 2.45) is 5.92 Å². The Balaban J connectivity index is 1.09. The summed E-state index contributed by atoms with van der Waals surface area (Å²) in [4.78, 5) is 20.4. The predicted octanol–water partition coefficient (Wildman–Crippen LogP) is 4.70. The molecule has 3 heterocycles. The van der Waals surface area contributed by atoms with Gasteiger partial charge >= 0.3 is 0 Å². The van der Waals surface area contributed by atoms with Crippen LogP contribution in [0.3, 0.4) is 0 Å². The lowest BCUT2D eigenvalue weighted by atomic mass is 10.0. The van der Waals surface area contributed by atoms with E-state index < -0.39 is 0 Å². The second kappa shape index (κ2) is 11.4. The van der Waals surface area contributed by atoms with Gasteiger partial charge in [-0.1, -0.05) is 49.4 Å². The molecule has 2 unspecified atom stereocenters. The molecule has 2 atom stereocenters. The largest absolute Gasteiger partial charge is 0.367 e. The number of anilines is 1. The Kier molecular flexibility index (Phi) is 7.87. The van der Waals surface area contributed by atoms with Crippen LogP contribution in [0.15, 0.2) is 60.7 Å². The summed E-state index contributed by atoms with van der Waals surface area (Å²) in [7, 11) is 0. The highest BCUT2D eigenvalue weighted by Crippen LogP contribution is 2.34. The van der Waals surface area contributed by atoms with E-state index in [0.717, 1.165) is 64.5 Å². The molecule has 0 bridgehead atoms. The lowest BCUT2D eigenvalue weighted by Crippen LogP contribution is -2.47. The zero-order valence-corrected chi connectivity index (χ0v) is 22.2. The molecule has 1 saturated heterocycles. The topological polar surface area (TPSA) is 51.7 Å². The fourth-order valence-corrected chi connectivity index (χ4v) is 6.26. The summed E-state index contributed by atoms with van der Waals surface area (Å²) in [6.07, 6.45) is 4.21. The molecule has 2 aliphatic heterocycles. The molecule has 36 heavy (non-hydrogen) atoms. The Hall–Kier alpha value is -2.90. The van der Waals surface area contributed by atoms with Gasteiger partial charge in [0.25, 0.3) is 0 Å². The number of fused-ring (bicyclic) bond motifs is 1. The van der Waals surface area contributed by atoms with Gasteiger partial charge in [-0.2, -0.15) is 4.37 Å². The van der Waals surface area contributed by atoms with Crippen molar-refractivity contribution in [3.8, 4) is 0 Å². The van der Waals surface area contributed by atoms with Crippen molar-refractivity contribution < 1.29 is 4.79 Å². The zero-order valence-electron chi connectivity index (χ0n) is 21.4. The van der Waals surface area contributed by atoms with E-state index in [4.69, 9.17) is 4.37 Å². The number of nitrogens with one attached hydrogen (secondary N) is 1. The first kappa shape index (κ1) is 24.8. The number of piperazine rings is 1. The van der Waals surface area contributed by atoms with Gasteiger partial charge in [-0.05, 0) is 61.6 Å². The number of hydrogen-bond donors (Lipinski definition) is 1. The van der Waals surface area contributed by atoms with Crippen molar-refractivity contribution in [3.63, 3.8) is 0 Å². The minimum absolute atomic E-state index is 0.108. The number of hydrogen-bond acceptors (Lipinski definition) is 6. The van der Waals surface area contributed by atoms with E-state index in [-0.39, 0.29) is 17.9 Å². The third kappa shape index (κ3) is 5.27. The highest BCUT2D eigenvalue weighted by Gasteiger charge is 2.35. The van der Waals surface area contributed by atoms with E-state index in [1.807, 2.05) is 6.07 Å². The van der Waals surface area contributed by atoms with E-state index in [2.05, 4.69) is 88.5 Å². The van der Waals surface area contributed by atoms with Crippen molar-refractivity contribution >= 4 is 39.0 Å². The molecular weight excluding hydrogens is 466 g/mol.